The van der Waals surface area contributed by atoms with Crippen LogP contribution in [0.2, 0.25) is 5.02 Å². The first kappa shape index (κ1) is 30.9. The monoisotopic (exact) mass is 652 g/mol. The third kappa shape index (κ3) is 6.32. The highest BCUT2D eigenvalue weighted by molar-refractivity contribution is 6.30. The highest BCUT2D eigenvalue weighted by atomic mass is 35.5. The molecule has 3 heterocycles. The van der Waals surface area contributed by atoms with Gasteiger partial charge in [-0.25, -0.2) is 19.2 Å². The number of halogens is 2. The molecule has 1 saturated heterocycles. The summed E-state index contributed by atoms with van der Waals surface area (Å²) in [5.74, 6) is -0.858. The van der Waals surface area contributed by atoms with Gasteiger partial charge in [-0.2, -0.15) is 0 Å². The normalized spacial score (nSPS) is 15.3. The highest BCUT2D eigenvalue weighted by Gasteiger charge is 2.26. The van der Waals surface area contributed by atoms with Crippen molar-refractivity contribution in [1.29, 1.82) is 0 Å². The van der Waals surface area contributed by atoms with E-state index in [2.05, 4.69) is 4.98 Å². The number of amides is 1. The van der Waals surface area contributed by atoms with Crippen LogP contribution in [0, 0.1) is 5.82 Å². The van der Waals surface area contributed by atoms with E-state index in [9.17, 15) is 14.7 Å². The van der Waals surface area contributed by atoms with Gasteiger partial charge in [0.15, 0.2) is 5.65 Å². The lowest BCUT2D eigenvalue weighted by Gasteiger charge is -2.25. The molecular weight excluding hydrogens is 619 g/mol. The first-order valence-corrected chi connectivity index (χ1v) is 16.5. The van der Waals surface area contributed by atoms with Gasteiger partial charge in [-0.05, 0) is 84.8 Å². The van der Waals surface area contributed by atoms with Crippen molar-refractivity contribution in [2.45, 2.75) is 57.6 Å². The van der Waals surface area contributed by atoms with Gasteiger partial charge in [0.25, 0.3) is 5.91 Å². The minimum absolute atomic E-state index is 0.00683. The maximum Gasteiger partial charge on any atom is 0.337 e. The smallest absolute Gasteiger partial charge is 0.337 e. The summed E-state index contributed by atoms with van der Waals surface area (Å²) < 4.78 is 24.1. The Morgan fingerprint density at radius 3 is 2.36 bits per heavy atom. The minimum atomic E-state index is -1.09. The Morgan fingerprint density at radius 2 is 1.64 bits per heavy atom. The first-order chi connectivity index (χ1) is 22.9. The van der Waals surface area contributed by atoms with E-state index < -0.39 is 11.8 Å². The van der Waals surface area contributed by atoms with Crippen LogP contribution in [0.5, 0.6) is 5.75 Å². The van der Waals surface area contributed by atoms with Crippen LogP contribution in [-0.4, -0.2) is 49.5 Å². The zero-order chi connectivity index (χ0) is 32.5. The fourth-order valence-corrected chi connectivity index (χ4v) is 6.89. The molecule has 2 aliphatic rings. The van der Waals surface area contributed by atoms with E-state index in [-0.39, 0.29) is 29.7 Å². The molecule has 7 rings (SSSR count). The van der Waals surface area contributed by atoms with Crippen LogP contribution in [0.25, 0.3) is 33.7 Å². The molecule has 1 saturated carbocycles. The summed E-state index contributed by atoms with van der Waals surface area (Å²) in [5.41, 5.74) is 4.50. The maximum atomic E-state index is 16.0. The number of rotatable bonds is 8. The number of carbonyl (C=O) groups is 2. The lowest BCUT2D eigenvalue weighted by atomic mass is 9.95. The molecular formula is C37H34ClFN4O4. The fraction of sp³-hybridized carbons (Fsp3) is 0.297. The van der Waals surface area contributed by atoms with Crippen LogP contribution in [0.15, 0.2) is 72.9 Å². The Morgan fingerprint density at radius 1 is 0.894 bits per heavy atom. The SMILES string of the molecule is O=C(O)c1cnc2c(c1)nc(-c1ccc(OCc3cc(C(=O)N4CCCC4)ccc3-c3ccc(Cl)cc3)cc1F)n2C1CCCCC1. The first-order valence-electron chi connectivity index (χ1n) is 16.1. The number of hydrogen-bond acceptors (Lipinski definition) is 5. The molecule has 1 aliphatic carbocycles. The number of carboxylic acids is 1. The number of imidazole rings is 1. The van der Waals surface area contributed by atoms with Gasteiger partial charge in [-0.3, -0.25) is 4.79 Å². The van der Waals surface area contributed by atoms with Crippen LogP contribution in [0.3, 0.4) is 0 Å². The summed E-state index contributed by atoms with van der Waals surface area (Å²) in [5, 5.41) is 10.1. The summed E-state index contributed by atoms with van der Waals surface area (Å²) >= 11 is 6.14. The summed E-state index contributed by atoms with van der Waals surface area (Å²) in [6.45, 7) is 1.61. The quantitative estimate of drug-likeness (QED) is 0.180. The molecule has 0 spiro atoms. The second-order valence-electron chi connectivity index (χ2n) is 12.3. The summed E-state index contributed by atoms with van der Waals surface area (Å²) in [4.78, 5) is 35.9. The second-order valence-corrected chi connectivity index (χ2v) is 12.7. The number of carbonyl (C=O) groups excluding carboxylic acids is 1. The molecule has 3 aromatic carbocycles. The molecule has 0 bridgehead atoms. The molecule has 0 atom stereocenters. The van der Waals surface area contributed by atoms with E-state index in [1.165, 1.54) is 18.3 Å². The highest BCUT2D eigenvalue weighted by Crippen LogP contribution is 2.37. The van der Waals surface area contributed by atoms with E-state index in [1.807, 2.05) is 51.9 Å². The van der Waals surface area contributed by atoms with Gasteiger partial charge in [0.1, 0.15) is 29.5 Å². The molecule has 1 amide bonds. The second kappa shape index (κ2) is 13.2. The van der Waals surface area contributed by atoms with Crippen LogP contribution >= 0.6 is 11.6 Å². The number of likely N-dealkylation sites (tertiary alicyclic amines) is 1. The number of fused-ring (bicyclic) bond motifs is 1. The third-order valence-electron chi connectivity index (χ3n) is 9.19. The number of ether oxygens (including phenoxy) is 1. The molecule has 2 fully saturated rings. The summed E-state index contributed by atoms with van der Waals surface area (Å²) in [6, 6.07) is 19.4. The third-order valence-corrected chi connectivity index (χ3v) is 9.45. The van der Waals surface area contributed by atoms with Crippen LogP contribution < -0.4 is 4.74 Å². The van der Waals surface area contributed by atoms with Crippen LogP contribution in [0.4, 0.5) is 4.39 Å². The largest absolute Gasteiger partial charge is 0.489 e. The number of carboxylic acid groups (broad SMARTS) is 1. The molecule has 5 aromatic rings. The van der Waals surface area contributed by atoms with Gasteiger partial charge in [0.05, 0.1) is 11.1 Å². The Labute approximate surface area is 276 Å². The number of hydrogen-bond donors (Lipinski definition) is 1. The van der Waals surface area contributed by atoms with Gasteiger partial charge < -0.3 is 19.3 Å². The van der Waals surface area contributed by atoms with Crippen LogP contribution in [-0.2, 0) is 6.61 Å². The number of pyridine rings is 1. The molecule has 47 heavy (non-hydrogen) atoms. The Bertz CT molecular complexity index is 1960. The van der Waals surface area contributed by atoms with Crippen molar-refractivity contribution in [3.63, 3.8) is 0 Å². The van der Waals surface area contributed by atoms with Gasteiger partial charge in [0, 0.05) is 42.0 Å². The van der Waals surface area contributed by atoms with Gasteiger partial charge in [-0.1, -0.05) is 49.1 Å². The van der Waals surface area contributed by atoms with Crippen molar-refractivity contribution in [3.05, 3.63) is 100 Å². The standard InChI is InChI=1S/C37H34ClFN4O4/c38-27-11-8-23(9-12-27)30-14-10-24(36(44)42-16-4-5-17-42)18-26(30)22-47-29-13-15-31(32(39)20-29)34-41-33-19-25(37(45)46)21-40-35(33)43(34)28-6-2-1-3-7-28/h8-15,18-21,28H,1-7,16-17,22H2,(H,45,46). The average Bonchev–Trinajstić information content (AvgIpc) is 3.76. The molecule has 10 heteroatoms. The van der Waals surface area contributed by atoms with Crippen LogP contribution in [0.1, 0.15) is 77.3 Å². The van der Waals surface area contributed by atoms with E-state index in [1.54, 1.807) is 12.1 Å². The maximum absolute atomic E-state index is 16.0. The van der Waals surface area contributed by atoms with E-state index in [0.717, 1.165) is 74.7 Å². The minimum Gasteiger partial charge on any atom is -0.489 e. The van der Waals surface area contributed by atoms with Crippen molar-refractivity contribution >= 4 is 34.6 Å². The number of aromatic carboxylic acids is 1. The van der Waals surface area contributed by atoms with E-state index >= 15 is 4.39 Å². The Kier molecular flexibility index (Phi) is 8.64. The number of aromatic nitrogens is 3. The van der Waals surface area contributed by atoms with Crippen molar-refractivity contribution < 1.29 is 23.8 Å². The lowest BCUT2D eigenvalue weighted by molar-refractivity contribution is 0.0695. The number of benzene rings is 3. The molecule has 2 aromatic heterocycles. The van der Waals surface area contributed by atoms with Crippen molar-refractivity contribution in [3.8, 4) is 28.3 Å². The van der Waals surface area contributed by atoms with Crippen molar-refractivity contribution in [1.82, 2.24) is 19.4 Å². The van der Waals surface area contributed by atoms with Crippen molar-refractivity contribution in [2.75, 3.05) is 13.1 Å². The average molecular weight is 653 g/mol. The molecule has 0 unspecified atom stereocenters. The zero-order valence-corrected chi connectivity index (χ0v) is 26.5. The molecule has 1 N–H and O–H groups in total. The Hall–Kier alpha value is -4.76. The Balaban J connectivity index is 1.20. The predicted molar refractivity (Wildman–Crippen MR) is 178 cm³/mol. The van der Waals surface area contributed by atoms with E-state index in [0.29, 0.717) is 33.3 Å². The fourth-order valence-electron chi connectivity index (χ4n) is 6.76. The lowest BCUT2D eigenvalue weighted by Crippen LogP contribution is -2.27. The summed E-state index contributed by atoms with van der Waals surface area (Å²) in [6.07, 6.45) is 8.41. The molecule has 240 valence electrons. The summed E-state index contributed by atoms with van der Waals surface area (Å²) in [7, 11) is 0. The molecule has 1 aliphatic heterocycles. The van der Waals surface area contributed by atoms with Gasteiger partial charge in [-0.15, -0.1) is 0 Å². The van der Waals surface area contributed by atoms with Gasteiger partial charge >= 0.3 is 5.97 Å². The molecule has 0 radical (unpaired) electrons. The number of nitrogens with zero attached hydrogens (tertiary/aromatic N) is 4. The topological polar surface area (TPSA) is 97.5 Å². The van der Waals surface area contributed by atoms with Crippen molar-refractivity contribution in [2.24, 2.45) is 0 Å². The predicted octanol–water partition coefficient (Wildman–Crippen LogP) is 8.58. The van der Waals surface area contributed by atoms with Gasteiger partial charge in [0.2, 0.25) is 0 Å². The molecule has 8 nitrogen and oxygen atoms in total. The zero-order valence-electron chi connectivity index (χ0n) is 25.8. The van der Waals surface area contributed by atoms with E-state index in [4.69, 9.17) is 21.3 Å².